The fraction of sp³-hybridized carbons (Fsp3) is 0.350. The molecule has 1 N–H and O–H groups in total. The van der Waals surface area contributed by atoms with Crippen LogP contribution in [0.1, 0.15) is 42.6 Å². The zero-order valence-corrected chi connectivity index (χ0v) is 17.3. The van der Waals surface area contributed by atoms with Crippen LogP contribution in [0.3, 0.4) is 0 Å². The van der Waals surface area contributed by atoms with Crippen molar-refractivity contribution in [1.82, 2.24) is 9.62 Å². The van der Waals surface area contributed by atoms with Crippen molar-refractivity contribution in [3.05, 3.63) is 64.7 Å². The van der Waals surface area contributed by atoms with Gasteiger partial charge in [-0.3, -0.25) is 4.79 Å². The third-order valence-corrected chi connectivity index (χ3v) is 6.31. The highest BCUT2D eigenvalue weighted by atomic mass is 35.5. The van der Waals surface area contributed by atoms with Gasteiger partial charge in [-0.25, -0.2) is 8.42 Å². The number of hydrogen-bond acceptors (Lipinski definition) is 3. The average Bonchev–Trinajstić information content (AvgIpc) is 2.62. The molecule has 0 saturated carbocycles. The van der Waals surface area contributed by atoms with Crippen molar-refractivity contribution >= 4 is 27.5 Å². The van der Waals surface area contributed by atoms with Crippen LogP contribution < -0.4 is 5.32 Å². The van der Waals surface area contributed by atoms with Crippen molar-refractivity contribution in [3.8, 4) is 0 Å². The third-order valence-electron chi connectivity index (χ3n) is 4.24. The highest BCUT2D eigenvalue weighted by Gasteiger charge is 2.21. The topological polar surface area (TPSA) is 66.5 Å². The van der Waals surface area contributed by atoms with E-state index in [4.69, 9.17) is 11.6 Å². The standard InChI is InChI=1S/C20H25ClN2O3S/c1-4-5-15(2)22-20(24)17-8-6-16(7-9-17)14-23(3)27(25,26)19-12-10-18(21)11-13-19/h6-13,15H,4-5,14H2,1-3H3,(H,22,24)/t15-/m1/s1. The van der Waals surface area contributed by atoms with E-state index in [1.165, 1.54) is 23.5 Å². The van der Waals surface area contributed by atoms with Gasteiger partial charge in [-0.15, -0.1) is 0 Å². The number of nitrogens with one attached hydrogen (secondary N) is 1. The molecule has 7 heteroatoms. The van der Waals surface area contributed by atoms with Gasteiger partial charge in [0.05, 0.1) is 4.90 Å². The highest BCUT2D eigenvalue weighted by molar-refractivity contribution is 7.89. The first-order chi connectivity index (χ1) is 12.7. The molecule has 2 aromatic rings. The van der Waals surface area contributed by atoms with Gasteiger partial charge in [0.25, 0.3) is 5.91 Å². The molecule has 0 spiro atoms. The minimum atomic E-state index is -3.61. The van der Waals surface area contributed by atoms with Crippen molar-refractivity contribution in [2.45, 2.75) is 44.2 Å². The summed E-state index contributed by atoms with van der Waals surface area (Å²) in [6.45, 7) is 4.26. The summed E-state index contributed by atoms with van der Waals surface area (Å²) in [6.07, 6.45) is 1.94. The summed E-state index contributed by atoms with van der Waals surface area (Å²) in [6, 6.07) is 13.2. The Hall–Kier alpha value is -1.89. The Morgan fingerprint density at radius 3 is 2.26 bits per heavy atom. The molecule has 0 aliphatic heterocycles. The number of carbonyl (C=O) groups excluding carboxylic acids is 1. The summed E-state index contributed by atoms with van der Waals surface area (Å²) in [7, 11) is -2.08. The van der Waals surface area contributed by atoms with E-state index in [1.54, 1.807) is 36.4 Å². The molecule has 2 aromatic carbocycles. The molecule has 2 rings (SSSR count). The van der Waals surface area contributed by atoms with Crippen molar-refractivity contribution in [3.63, 3.8) is 0 Å². The number of sulfonamides is 1. The molecule has 1 atom stereocenters. The van der Waals surface area contributed by atoms with Crippen LogP contribution in [0, 0.1) is 0 Å². The van der Waals surface area contributed by atoms with E-state index in [9.17, 15) is 13.2 Å². The molecule has 0 bridgehead atoms. The predicted molar refractivity (Wildman–Crippen MR) is 108 cm³/mol. The molecule has 5 nitrogen and oxygen atoms in total. The monoisotopic (exact) mass is 408 g/mol. The third kappa shape index (κ3) is 5.79. The lowest BCUT2D eigenvalue weighted by molar-refractivity contribution is 0.0938. The molecular formula is C20H25ClN2O3S. The Bertz CT molecular complexity index is 865. The van der Waals surface area contributed by atoms with Crippen LogP contribution in [0.25, 0.3) is 0 Å². The zero-order valence-electron chi connectivity index (χ0n) is 15.8. The molecule has 0 aromatic heterocycles. The van der Waals surface area contributed by atoms with Gasteiger partial charge in [-0.1, -0.05) is 37.1 Å². The summed E-state index contributed by atoms with van der Waals surface area (Å²) in [5, 5.41) is 3.44. The van der Waals surface area contributed by atoms with E-state index in [0.717, 1.165) is 18.4 Å². The van der Waals surface area contributed by atoms with Crippen LogP contribution in [0.5, 0.6) is 0 Å². The lowest BCUT2D eigenvalue weighted by Gasteiger charge is -2.18. The number of carbonyl (C=O) groups is 1. The maximum absolute atomic E-state index is 12.6. The molecule has 0 radical (unpaired) electrons. The van der Waals surface area contributed by atoms with Gasteiger partial charge >= 0.3 is 0 Å². The molecule has 0 unspecified atom stereocenters. The Balaban J connectivity index is 2.05. The minimum Gasteiger partial charge on any atom is -0.350 e. The van der Waals surface area contributed by atoms with E-state index in [-0.39, 0.29) is 23.4 Å². The van der Waals surface area contributed by atoms with Crippen LogP contribution in [-0.2, 0) is 16.6 Å². The molecule has 146 valence electrons. The lowest BCUT2D eigenvalue weighted by Crippen LogP contribution is -2.32. The van der Waals surface area contributed by atoms with Gasteiger partial charge in [0.15, 0.2) is 0 Å². The van der Waals surface area contributed by atoms with Crippen LogP contribution >= 0.6 is 11.6 Å². The first-order valence-electron chi connectivity index (χ1n) is 8.85. The lowest BCUT2D eigenvalue weighted by atomic mass is 10.1. The van der Waals surface area contributed by atoms with Crippen LogP contribution in [0.2, 0.25) is 5.02 Å². The summed E-state index contributed by atoms with van der Waals surface area (Å²) in [5.74, 6) is -0.121. The van der Waals surface area contributed by atoms with Crippen molar-refractivity contribution in [2.75, 3.05) is 7.05 Å². The SMILES string of the molecule is CCC[C@@H](C)NC(=O)c1ccc(CN(C)S(=O)(=O)c2ccc(Cl)cc2)cc1. The fourth-order valence-electron chi connectivity index (χ4n) is 2.70. The predicted octanol–water partition coefficient (Wildman–Crippen LogP) is 4.08. The van der Waals surface area contributed by atoms with Gasteiger partial charge in [-0.05, 0) is 55.3 Å². The minimum absolute atomic E-state index is 0.121. The fourth-order valence-corrected chi connectivity index (χ4v) is 3.99. The van der Waals surface area contributed by atoms with Gasteiger partial charge in [0, 0.05) is 30.2 Å². The molecule has 27 heavy (non-hydrogen) atoms. The number of rotatable bonds is 8. The molecule has 0 aliphatic rings. The second-order valence-electron chi connectivity index (χ2n) is 6.58. The largest absolute Gasteiger partial charge is 0.350 e. The number of benzene rings is 2. The first-order valence-corrected chi connectivity index (χ1v) is 10.7. The molecule has 0 aliphatic carbocycles. The second kappa shape index (κ2) is 9.35. The van der Waals surface area contributed by atoms with Gasteiger partial charge < -0.3 is 5.32 Å². The van der Waals surface area contributed by atoms with Crippen LogP contribution in [-0.4, -0.2) is 31.7 Å². The van der Waals surface area contributed by atoms with E-state index < -0.39 is 10.0 Å². The molecule has 1 amide bonds. The van der Waals surface area contributed by atoms with Gasteiger partial charge in [0.2, 0.25) is 10.0 Å². The summed E-state index contributed by atoms with van der Waals surface area (Å²) in [5.41, 5.74) is 1.36. The van der Waals surface area contributed by atoms with Gasteiger partial charge in [-0.2, -0.15) is 4.31 Å². The quantitative estimate of drug-likeness (QED) is 0.715. The number of nitrogens with zero attached hydrogens (tertiary/aromatic N) is 1. The summed E-state index contributed by atoms with van der Waals surface area (Å²) >= 11 is 5.82. The first kappa shape index (κ1) is 21.4. The maximum Gasteiger partial charge on any atom is 0.251 e. The maximum atomic E-state index is 12.6. The highest BCUT2D eigenvalue weighted by Crippen LogP contribution is 2.19. The van der Waals surface area contributed by atoms with Gasteiger partial charge in [0.1, 0.15) is 0 Å². The number of hydrogen-bond donors (Lipinski definition) is 1. The number of amides is 1. The van der Waals surface area contributed by atoms with E-state index in [0.29, 0.717) is 10.6 Å². The molecular weight excluding hydrogens is 384 g/mol. The van der Waals surface area contributed by atoms with Crippen molar-refractivity contribution in [1.29, 1.82) is 0 Å². The second-order valence-corrected chi connectivity index (χ2v) is 9.06. The molecule has 0 fully saturated rings. The zero-order chi connectivity index (χ0) is 20.0. The van der Waals surface area contributed by atoms with E-state index >= 15 is 0 Å². The average molecular weight is 409 g/mol. The molecule has 0 saturated heterocycles. The Morgan fingerprint density at radius 2 is 1.70 bits per heavy atom. The van der Waals surface area contributed by atoms with Crippen molar-refractivity contribution in [2.24, 2.45) is 0 Å². The van der Waals surface area contributed by atoms with E-state index in [2.05, 4.69) is 12.2 Å². The summed E-state index contributed by atoms with van der Waals surface area (Å²) < 4.78 is 26.5. The Morgan fingerprint density at radius 1 is 1.11 bits per heavy atom. The Kier molecular flexibility index (Phi) is 7.41. The smallest absolute Gasteiger partial charge is 0.251 e. The number of halogens is 1. The summed E-state index contributed by atoms with van der Waals surface area (Å²) in [4.78, 5) is 12.4. The van der Waals surface area contributed by atoms with E-state index in [1.807, 2.05) is 6.92 Å². The van der Waals surface area contributed by atoms with Crippen LogP contribution in [0.15, 0.2) is 53.4 Å². The molecule has 0 heterocycles. The van der Waals surface area contributed by atoms with Crippen molar-refractivity contribution < 1.29 is 13.2 Å². The Labute approximate surface area is 166 Å². The van der Waals surface area contributed by atoms with Crippen LogP contribution in [0.4, 0.5) is 0 Å². The normalized spacial score (nSPS) is 12.8.